The Kier molecular flexibility index (Phi) is 11.8. The molecule has 1 spiro atoms. The number of benzene rings is 12. The van der Waals surface area contributed by atoms with Crippen LogP contribution in [0.5, 0.6) is 11.5 Å². The Balaban J connectivity index is 1.01. The van der Waals surface area contributed by atoms with Crippen molar-refractivity contribution in [1.29, 1.82) is 0 Å². The van der Waals surface area contributed by atoms with Gasteiger partial charge in [0, 0.05) is 27.9 Å². The van der Waals surface area contributed by atoms with Crippen molar-refractivity contribution in [3.63, 3.8) is 0 Å². The van der Waals surface area contributed by atoms with Crippen LogP contribution in [0, 0.1) is 0 Å². The van der Waals surface area contributed by atoms with E-state index in [4.69, 9.17) is 4.74 Å². The Labute approximate surface area is 495 Å². The van der Waals surface area contributed by atoms with Crippen molar-refractivity contribution in [2.45, 2.75) is 63.2 Å². The lowest BCUT2D eigenvalue weighted by molar-refractivity contribution is 0.433. The van der Waals surface area contributed by atoms with E-state index in [-0.39, 0.29) is 10.8 Å². The Hall–Kier alpha value is -9.76. The van der Waals surface area contributed by atoms with Crippen molar-refractivity contribution in [3.8, 4) is 67.1 Å². The van der Waals surface area contributed by atoms with Crippen molar-refractivity contribution in [2.75, 3.05) is 4.90 Å². The Bertz CT molecular complexity index is 4420. The molecular formula is C82H65NO. The largest absolute Gasteiger partial charge is 0.457 e. The first-order valence-corrected chi connectivity index (χ1v) is 29.7. The van der Waals surface area contributed by atoms with E-state index < -0.39 is 10.8 Å². The monoisotopic (exact) mass is 1080 g/mol. The second-order valence-corrected chi connectivity index (χ2v) is 25.1. The van der Waals surface area contributed by atoms with E-state index in [1.807, 2.05) is 0 Å². The lowest BCUT2D eigenvalue weighted by atomic mass is 9.64. The fraction of sp³-hybridized carbons (Fsp3) is 0.122. The number of para-hydroxylation sites is 2. The van der Waals surface area contributed by atoms with Gasteiger partial charge < -0.3 is 9.64 Å². The van der Waals surface area contributed by atoms with Crippen LogP contribution in [-0.4, -0.2) is 0 Å². The maximum atomic E-state index is 7.09. The van der Waals surface area contributed by atoms with Crippen LogP contribution < -0.4 is 9.64 Å². The van der Waals surface area contributed by atoms with Gasteiger partial charge in [-0.05, 0) is 148 Å². The van der Waals surface area contributed by atoms with E-state index in [0.717, 1.165) is 45.3 Å². The minimum absolute atomic E-state index is 0.0998. The first-order chi connectivity index (χ1) is 40.9. The highest BCUT2D eigenvalue weighted by Crippen LogP contribution is 2.65. The predicted octanol–water partition coefficient (Wildman–Crippen LogP) is 21.6. The third kappa shape index (κ3) is 7.77. The van der Waals surface area contributed by atoms with Gasteiger partial charge in [-0.25, -0.2) is 0 Å². The van der Waals surface area contributed by atoms with Gasteiger partial charge in [0.15, 0.2) is 0 Å². The van der Waals surface area contributed by atoms with E-state index in [0.29, 0.717) is 0 Å². The highest BCUT2D eigenvalue weighted by atomic mass is 16.5. The van der Waals surface area contributed by atoms with Gasteiger partial charge in [-0.3, -0.25) is 0 Å². The van der Waals surface area contributed by atoms with E-state index >= 15 is 0 Å². The summed E-state index contributed by atoms with van der Waals surface area (Å²) in [7, 11) is 0. The van der Waals surface area contributed by atoms with Crippen LogP contribution in [0.1, 0.15) is 97.2 Å². The van der Waals surface area contributed by atoms with E-state index in [1.54, 1.807) is 0 Å². The molecule has 0 atom stereocenters. The average molecular weight is 1080 g/mol. The van der Waals surface area contributed by atoms with Gasteiger partial charge in [-0.15, -0.1) is 0 Å². The maximum absolute atomic E-state index is 7.09. The maximum Gasteiger partial charge on any atom is 0.132 e. The molecule has 0 amide bonds. The summed E-state index contributed by atoms with van der Waals surface area (Å²) in [4.78, 5) is 2.56. The highest BCUT2D eigenvalue weighted by molar-refractivity contribution is 6.02. The van der Waals surface area contributed by atoms with Crippen LogP contribution in [0.3, 0.4) is 0 Å². The third-order valence-electron chi connectivity index (χ3n) is 18.4. The summed E-state index contributed by atoms with van der Waals surface area (Å²) in [6.45, 7) is 13.9. The second-order valence-electron chi connectivity index (χ2n) is 25.1. The summed E-state index contributed by atoms with van der Waals surface area (Å²) in [5.41, 5.74) is 26.1. The molecule has 2 nitrogen and oxygen atoms in total. The SMILES string of the molecule is CC(C)(C)c1ccc2c(c1)C1(c3cc(C(C)(C)C)ccc3O2)c2ccccc2-c2c(-c3ccccc3N(c3ccc4c(c3)C(c3ccccc3)(c3ccccc3)c3ccccc3-4)c3ccccc3-c3ccc(-c4ccccc4)cc3)cccc21. The van der Waals surface area contributed by atoms with Crippen molar-refractivity contribution in [3.05, 3.63) is 341 Å². The molecule has 84 heavy (non-hydrogen) atoms. The molecule has 0 N–H and O–H groups in total. The number of rotatable bonds is 8. The van der Waals surface area contributed by atoms with Gasteiger partial charge in [0.2, 0.25) is 0 Å². The van der Waals surface area contributed by atoms with Crippen LogP contribution in [-0.2, 0) is 21.7 Å². The minimum Gasteiger partial charge on any atom is -0.457 e. The van der Waals surface area contributed by atoms with Gasteiger partial charge >= 0.3 is 0 Å². The van der Waals surface area contributed by atoms with Crippen LogP contribution >= 0.6 is 0 Å². The Morgan fingerprint density at radius 3 is 1.32 bits per heavy atom. The zero-order valence-electron chi connectivity index (χ0n) is 48.5. The number of hydrogen-bond donors (Lipinski definition) is 0. The van der Waals surface area contributed by atoms with Gasteiger partial charge in [-0.1, -0.05) is 278 Å². The highest BCUT2D eigenvalue weighted by Gasteiger charge is 2.53. The Morgan fingerprint density at radius 1 is 0.286 bits per heavy atom. The minimum atomic E-state index is -0.687. The first kappa shape index (κ1) is 51.1. The predicted molar refractivity (Wildman–Crippen MR) is 350 cm³/mol. The molecule has 0 radical (unpaired) electrons. The van der Waals surface area contributed by atoms with Crippen LogP contribution in [0.4, 0.5) is 17.1 Å². The molecule has 0 bridgehead atoms. The molecule has 15 rings (SSSR count). The lowest BCUT2D eigenvalue weighted by Gasteiger charge is -2.41. The molecule has 2 aliphatic carbocycles. The fourth-order valence-electron chi connectivity index (χ4n) is 14.4. The normalized spacial score (nSPS) is 13.9. The van der Waals surface area contributed by atoms with Crippen molar-refractivity contribution >= 4 is 17.1 Å². The van der Waals surface area contributed by atoms with Gasteiger partial charge in [0.05, 0.1) is 22.2 Å². The number of ether oxygens (including phenoxy) is 1. The fourth-order valence-corrected chi connectivity index (χ4v) is 14.4. The number of fused-ring (bicyclic) bond motifs is 12. The van der Waals surface area contributed by atoms with Crippen molar-refractivity contribution in [2.24, 2.45) is 0 Å². The van der Waals surface area contributed by atoms with Crippen LogP contribution in [0.15, 0.2) is 285 Å². The van der Waals surface area contributed by atoms with Crippen LogP contribution in [0.25, 0.3) is 55.6 Å². The molecule has 404 valence electrons. The van der Waals surface area contributed by atoms with E-state index in [1.165, 1.54) is 94.6 Å². The van der Waals surface area contributed by atoms with Crippen molar-refractivity contribution < 1.29 is 4.74 Å². The molecule has 1 heterocycles. The molecule has 12 aromatic carbocycles. The third-order valence-corrected chi connectivity index (χ3v) is 18.4. The summed E-state index contributed by atoms with van der Waals surface area (Å²) < 4.78 is 7.09. The average Bonchev–Trinajstić information content (AvgIpc) is 1.59. The van der Waals surface area contributed by atoms with E-state index in [9.17, 15) is 0 Å². The quantitative estimate of drug-likeness (QED) is 0.150. The summed E-state index contributed by atoms with van der Waals surface area (Å²) in [6.07, 6.45) is 0. The summed E-state index contributed by atoms with van der Waals surface area (Å²) >= 11 is 0. The zero-order chi connectivity index (χ0) is 57.0. The molecule has 0 fully saturated rings. The number of hydrogen-bond acceptors (Lipinski definition) is 2. The number of nitrogens with zero attached hydrogens (tertiary/aromatic N) is 1. The molecule has 12 aromatic rings. The first-order valence-electron chi connectivity index (χ1n) is 29.7. The van der Waals surface area contributed by atoms with Gasteiger partial charge in [0.1, 0.15) is 11.5 Å². The molecule has 0 saturated carbocycles. The molecule has 0 unspecified atom stereocenters. The Morgan fingerprint density at radius 2 is 0.726 bits per heavy atom. The molecule has 0 aromatic heterocycles. The summed E-state index contributed by atoms with van der Waals surface area (Å²) in [5, 5.41) is 0. The molecule has 0 saturated heterocycles. The topological polar surface area (TPSA) is 12.5 Å². The molecular weight excluding hydrogens is 1010 g/mol. The van der Waals surface area contributed by atoms with Crippen LogP contribution in [0.2, 0.25) is 0 Å². The molecule has 3 aliphatic rings. The standard InChI is InChI=1S/C82H65NO/c1-79(2,3)59-45-49-76-72(51-59)82(73-52-60(80(4,5)6)46-50-77(73)84-76)69-37-21-17-34-67(69)78-66(35-24-38-70(78)82)65-33-19-23-40-75(65)83(74-39-22-18-31-62(74)56-43-41-55(42-44-56)54-25-10-7-11-26-54)61-47-48-64-63-32-16-20-36-68(63)81(71(64)53-61,57-27-12-8-13-28-57)58-29-14-9-15-30-58/h7-53H,1-6H3. The smallest absolute Gasteiger partial charge is 0.132 e. The molecule has 1 aliphatic heterocycles. The van der Waals surface area contributed by atoms with Gasteiger partial charge in [0.25, 0.3) is 0 Å². The second kappa shape index (κ2) is 19.4. The zero-order valence-corrected chi connectivity index (χ0v) is 48.5. The number of anilines is 3. The summed E-state index contributed by atoms with van der Waals surface area (Å²) in [5.74, 6) is 1.79. The molecule has 2 heteroatoms. The van der Waals surface area contributed by atoms with E-state index in [2.05, 4.69) is 332 Å². The van der Waals surface area contributed by atoms with Crippen molar-refractivity contribution in [1.82, 2.24) is 0 Å². The summed E-state index contributed by atoms with van der Waals surface area (Å²) in [6, 6.07) is 107. The lowest BCUT2D eigenvalue weighted by Crippen LogP contribution is -2.33. The van der Waals surface area contributed by atoms with Gasteiger partial charge in [-0.2, -0.15) is 0 Å².